The third-order valence-electron chi connectivity index (χ3n) is 6.26. The van der Waals surface area contributed by atoms with E-state index < -0.39 is 36.1 Å². The van der Waals surface area contributed by atoms with Crippen LogP contribution in [0.1, 0.15) is 19.4 Å². The monoisotopic (exact) mass is 481 g/mol. The maximum Gasteiger partial charge on any atom is 0.415 e. The molecule has 0 radical (unpaired) electrons. The van der Waals surface area contributed by atoms with Crippen molar-refractivity contribution in [2.45, 2.75) is 38.5 Å². The number of nitrogens with two attached hydrogens (primary N) is 1. The summed E-state index contributed by atoms with van der Waals surface area (Å²) in [4.78, 5) is 31.8. The molecule has 3 atom stereocenters. The van der Waals surface area contributed by atoms with E-state index in [0.29, 0.717) is 34.8 Å². The number of nitrogens with zero attached hydrogens (tertiary/aromatic N) is 6. The van der Waals surface area contributed by atoms with Gasteiger partial charge in [-0.3, -0.25) is 14.7 Å². The summed E-state index contributed by atoms with van der Waals surface area (Å²) in [6, 6.07) is 5.30. The van der Waals surface area contributed by atoms with Gasteiger partial charge < -0.3 is 15.2 Å². The summed E-state index contributed by atoms with van der Waals surface area (Å²) in [7, 11) is 1.65. The molecular weight excluding hydrogens is 457 g/mol. The van der Waals surface area contributed by atoms with Crippen LogP contribution in [0.3, 0.4) is 0 Å². The molecule has 2 N–H and O–H groups in total. The Morgan fingerprint density at radius 3 is 2.80 bits per heavy atom. The molecular formula is C23H24FN7O4. The molecule has 1 aromatic carbocycles. The Bertz CT molecular complexity index is 1290. The van der Waals surface area contributed by atoms with E-state index in [1.165, 1.54) is 15.8 Å². The summed E-state index contributed by atoms with van der Waals surface area (Å²) >= 11 is 0. The fourth-order valence-electron chi connectivity index (χ4n) is 4.26. The number of amides is 1. The van der Waals surface area contributed by atoms with E-state index in [1.807, 2.05) is 13.8 Å². The molecule has 0 aliphatic carbocycles. The number of hydrogen-bond donors (Lipinski definition) is 1. The summed E-state index contributed by atoms with van der Waals surface area (Å²) in [6.07, 6.45) is 0.700. The van der Waals surface area contributed by atoms with Crippen molar-refractivity contribution in [1.29, 1.82) is 0 Å². The number of rotatable bonds is 6. The molecule has 1 fully saturated rings. The van der Waals surface area contributed by atoms with Gasteiger partial charge in [-0.05, 0) is 41.3 Å². The number of ether oxygens (including phenoxy) is 2. The van der Waals surface area contributed by atoms with E-state index in [0.717, 1.165) is 5.56 Å². The molecule has 35 heavy (non-hydrogen) atoms. The van der Waals surface area contributed by atoms with Crippen LogP contribution in [0.15, 0.2) is 30.5 Å². The van der Waals surface area contributed by atoms with E-state index in [-0.39, 0.29) is 12.5 Å². The highest BCUT2D eigenvalue weighted by molar-refractivity contribution is 5.94. The van der Waals surface area contributed by atoms with Gasteiger partial charge in [0.2, 0.25) is 5.82 Å². The molecule has 12 heteroatoms. The number of tetrazole rings is 1. The molecule has 0 bridgehead atoms. The van der Waals surface area contributed by atoms with Gasteiger partial charge >= 0.3 is 12.1 Å². The number of anilines is 1. The van der Waals surface area contributed by atoms with Gasteiger partial charge in [-0.15, -0.1) is 10.2 Å². The van der Waals surface area contributed by atoms with Crippen molar-refractivity contribution in [2.75, 3.05) is 11.5 Å². The molecule has 2 aliphatic rings. The summed E-state index contributed by atoms with van der Waals surface area (Å²) in [5, 5.41) is 11.8. The molecule has 0 spiro atoms. The van der Waals surface area contributed by atoms with E-state index in [4.69, 9.17) is 15.2 Å². The summed E-state index contributed by atoms with van der Waals surface area (Å²) < 4.78 is 25.8. The van der Waals surface area contributed by atoms with Gasteiger partial charge in [-0.2, -0.15) is 4.80 Å². The first-order valence-electron chi connectivity index (χ1n) is 11.2. The fraction of sp³-hybridized carbons (Fsp3) is 0.391. The highest BCUT2D eigenvalue weighted by atomic mass is 19.1. The normalized spacial score (nSPS) is 19.5. The minimum atomic E-state index is -0.759. The number of carbonyl (C=O) groups is 2. The Balaban J connectivity index is 1.35. The second-order valence-corrected chi connectivity index (χ2v) is 8.96. The van der Waals surface area contributed by atoms with Crippen molar-refractivity contribution in [1.82, 2.24) is 25.2 Å². The Morgan fingerprint density at radius 2 is 2.14 bits per heavy atom. The van der Waals surface area contributed by atoms with Crippen LogP contribution >= 0.6 is 0 Å². The van der Waals surface area contributed by atoms with Gasteiger partial charge in [0.25, 0.3) is 0 Å². The molecule has 11 nitrogen and oxygen atoms in total. The average Bonchev–Trinajstić information content (AvgIpc) is 3.51. The number of hydrogen-bond acceptors (Lipinski definition) is 9. The minimum absolute atomic E-state index is 0.0808. The molecule has 1 amide bonds. The first-order valence-corrected chi connectivity index (χ1v) is 11.2. The van der Waals surface area contributed by atoms with Crippen molar-refractivity contribution in [3.05, 3.63) is 41.8 Å². The van der Waals surface area contributed by atoms with Crippen molar-refractivity contribution < 1.29 is 23.5 Å². The number of benzene rings is 1. The second kappa shape index (κ2) is 8.69. The highest BCUT2D eigenvalue weighted by Crippen LogP contribution is 2.41. The van der Waals surface area contributed by atoms with Crippen LogP contribution < -0.4 is 10.6 Å². The molecule has 182 valence electrons. The molecule has 4 heterocycles. The number of pyridine rings is 1. The van der Waals surface area contributed by atoms with Crippen LogP contribution in [0.5, 0.6) is 0 Å². The first-order chi connectivity index (χ1) is 16.7. The van der Waals surface area contributed by atoms with Crippen molar-refractivity contribution in [2.24, 2.45) is 18.7 Å². The van der Waals surface area contributed by atoms with Gasteiger partial charge in [0, 0.05) is 17.3 Å². The second-order valence-electron chi connectivity index (χ2n) is 8.96. The zero-order chi connectivity index (χ0) is 24.9. The Labute approximate surface area is 200 Å². The van der Waals surface area contributed by atoms with E-state index in [2.05, 4.69) is 20.4 Å². The van der Waals surface area contributed by atoms with Crippen LogP contribution in [0.25, 0.3) is 22.6 Å². The highest BCUT2D eigenvalue weighted by Gasteiger charge is 2.48. The Morgan fingerprint density at radius 1 is 1.34 bits per heavy atom. The Hall–Kier alpha value is -3.93. The quantitative estimate of drug-likeness (QED) is 0.523. The molecule has 2 aromatic heterocycles. The van der Waals surface area contributed by atoms with Crippen LogP contribution in [0.4, 0.5) is 14.9 Å². The lowest BCUT2D eigenvalue weighted by molar-refractivity contribution is -0.149. The first kappa shape index (κ1) is 22.8. The third-order valence-corrected chi connectivity index (χ3v) is 6.26. The topological polar surface area (TPSA) is 138 Å². The van der Waals surface area contributed by atoms with Gasteiger partial charge in [0.05, 0.1) is 18.8 Å². The predicted octanol–water partition coefficient (Wildman–Crippen LogP) is 1.85. The fourth-order valence-corrected chi connectivity index (χ4v) is 4.26. The van der Waals surface area contributed by atoms with Crippen LogP contribution in [-0.2, 0) is 27.7 Å². The average molecular weight is 481 g/mol. The lowest BCUT2D eigenvalue weighted by atomic mass is 10.00. The van der Waals surface area contributed by atoms with Crippen LogP contribution in [0, 0.1) is 11.7 Å². The zero-order valence-corrected chi connectivity index (χ0v) is 19.4. The van der Waals surface area contributed by atoms with Gasteiger partial charge in [0.15, 0.2) is 6.10 Å². The molecule has 2 aliphatic heterocycles. The third kappa shape index (κ3) is 4.09. The van der Waals surface area contributed by atoms with Crippen molar-refractivity contribution in [3.8, 4) is 22.6 Å². The molecule has 5 rings (SSSR count). The lowest BCUT2D eigenvalue weighted by Crippen LogP contribution is -2.40. The summed E-state index contributed by atoms with van der Waals surface area (Å²) in [6.45, 7) is 3.52. The SMILES string of the molecule is CC(C)C(N)C(=O)OC[C@@H]1OC(=O)N2c3cc(F)c(-c4ccc(-c5nnn(C)n5)nc4)cc3C[C@@H]12. The van der Waals surface area contributed by atoms with Crippen LogP contribution in [-0.4, -0.2) is 62.0 Å². The minimum Gasteiger partial charge on any atom is -0.460 e. The van der Waals surface area contributed by atoms with Gasteiger partial charge in [0.1, 0.15) is 24.2 Å². The van der Waals surface area contributed by atoms with Gasteiger partial charge in [-0.25, -0.2) is 9.18 Å². The van der Waals surface area contributed by atoms with Crippen LogP contribution in [0.2, 0.25) is 0 Å². The van der Waals surface area contributed by atoms with Crippen molar-refractivity contribution >= 4 is 17.7 Å². The predicted molar refractivity (Wildman–Crippen MR) is 121 cm³/mol. The Kier molecular flexibility index (Phi) is 5.67. The molecule has 1 unspecified atom stereocenters. The number of carbonyl (C=O) groups excluding carboxylic acids is 2. The number of aromatic nitrogens is 5. The van der Waals surface area contributed by atoms with E-state index >= 15 is 4.39 Å². The smallest absolute Gasteiger partial charge is 0.415 e. The maximum atomic E-state index is 15.1. The summed E-state index contributed by atoms with van der Waals surface area (Å²) in [5.74, 6) is -0.760. The number of esters is 1. The number of halogens is 1. The van der Waals surface area contributed by atoms with Crippen molar-refractivity contribution in [3.63, 3.8) is 0 Å². The maximum absolute atomic E-state index is 15.1. The van der Waals surface area contributed by atoms with E-state index in [9.17, 15) is 9.59 Å². The largest absolute Gasteiger partial charge is 0.460 e. The number of cyclic esters (lactones) is 1. The number of fused-ring (bicyclic) bond motifs is 3. The standard InChI is InChI=1S/C23H24FN7O4/c1-11(2)20(25)22(32)34-10-19-18-7-13-6-14(15(24)8-17(13)31(18)23(33)35-19)12-4-5-16(26-9-12)21-27-29-30(3)28-21/h4-6,8-9,11,18-20H,7,10,25H2,1-3H3/t18-,19-,20?/m0/s1. The molecule has 1 saturated heterocycles. The lowest BCUT2D eigenvalue weighted by Gasteiger charge is -2.19. The molecule has 3 aromatic rings. The zero-order valence-electron chi connectivity index (χ0n) is 19.4. The molecule has 0 saturated carbocycles. The van der Waals surface area contributed by atoms with E-state index in [1.54, 1.807) is 31.4 Å². The number of aryl methyl sites for hydroxylation is 1. The van der Waals surface area contributed by atoms with Gasteiger partial charge in [-0.1, -0.05) is 19.9 Å². The summed E-state index contributed by atoms with van der Waals surface area (Å²) in [5.41, 5.74) is 8.51.